The number of nitrogens with one attached hydrogen (secondary N) is 2. The van der Waals surface area contributed by atoms with Gasteiger partial charge in [-0.05, 0) is 49.6 Å². The zero-order valence-electron chi connectivity index (χ0n) is 11.8. The van der Waals surface area contributed by atoms with E-state index in [1.54, 1.807) is 24.3 Å². The fourth-order valence-corrected chi connectivity index (χ4v) is 2.88. The van der Waals surface area contributed by atoms with Gasteiger partial charge in [0.05, 0.1) is 6.54 Å². The highest BCUT2D eigenvalue weighted by atomic mass is 35.5. The van der Waals surface area contributed by atoms with E-state index >= 15 is 0 Å². The van der Waals surface area contributed by atoms with Crippen molar-refractivity contribution in [1.29, 1.82) is 0 Å². The molecule has 0 aromatic heterocycles. The van der Waals surface area contributed by atoms with Crippen molar-refractivity contribution in [3.8, 4) is 0 Å². The van der Waals surface area contributed by atoms with Crippen LogP contribution in [-0.4, -0.2) is 19.0 Å². The first kappa shape index (κ1) is 15.3. The van der Waals surface area contributed by atoms with E-state index in [9.17, 15) is 4.79 Å². The number of halogens is 1. The summed E-state index contributed by atoms with van der Waals surface area (Å²) in [4.78, 5) is 11.7. The SMILES string of the molecule is O=C(CNCCCC1CCCC1)Nc1ccc(Cl)cc1. The first-order chi connectivity index (χ1) is 9.74. The van der Waals surface area contributed by atoms with E-state index in [2.05, 4.69) is 10.6 Å². The molecule has 2 N–H and O–H groups in total. The van der Waals surface area contributed by atoms with Crippen LogP contribution >= 0.6 is 11.6 Å². The second-order valence-electron chi connectivity index (χ2n) is 5.52. The summed E-state index contributed by atoms with van der Waals surface area (Å²) in [5, 5.41) is 6.72. The predicted octanol–water partition coefficient (Wildman–Crippen LogP) is 3.84. The van der Waals surface area contributed by atoms with Gasteiger partial charge in [0.2, 0.25) is 5.91 Å². The first-order valence-corrected chi connectivity index (χ1v) is 7.88. The van der Waals surface area contributed by atoms with Crippen molar-refractivity contribution in [3.05, 3.63) is 29.3 Å². The van der Waals surface area contributed by atoms with Gasteiger partial charge in [-0.15, -0.1) is 0 Å². The molecule has 1 aliphatic carbocycles. The highest BCUT2D eigenvalue weighted by Crippen LogP contribution is 2.28. The molecule has 3 nitrogen and oxygen atoms in total. The summed E-state index contributed by atoms with van der Waals surface area (Å²) in [5.41, 5.74) is 0.784. The van der Waals surface area contributed by atoms with Crippen LogP contribution in [0, 0.1) is 5.92 Å². The van der Waals surface area contributed by atoms with Crippen molar-refractivity contribution in [2.24, 2.45) is 5.92 Å². The normalized spacial score (nSPS) is 15.4. The third-order valence-electron chi connectivity index (χ3n) is 3.85. The first-order valence-electron chi connectivity index (χ1n) is 7.50. The Morgan fingerprint density at radius 2 is 1.90 bits per heavy atom. The van der Waals surface area contributed by atoms with Crippen LogP contribution in [0.25, 0.3) is 0 Å². The van der Waals surface area contributed by atoms with Crippen molar-refractivity contribution < 1.29 is 4.79 Å². The third kappa shape index (κ3) is 5.51. The molecule has 0 unspecified atom stereocenters. The lowest BCUT2D eigenvalue weighted by molar-refractivity contribution is -0.115. The Balaban J connectivity index is 1.54. The van der Waals surface area contributed by atoms with Crippen molar-refractivity contribution in [2.75, 3.05) is 18.4 Å². The standard InChI is InChI=1S/C16H23ClN2O/c17-14-7-9-15(10-8-14)19-16(20)12-18-11-3-6-13-4-1-2-5-13/h7-10,13,18H,1-6,11-12H2,(H,19,20). The van der Waals surface area contributed by atoms with Crippen LogP contribution in [0.5, 0.6) is 0 Å². The average molecular weight is 295 g/mol. The van der Waals surface area contributed by atoms with Crippen LogP contribution in [0.1, 0.15) is 38.5 Å². The lowest BCUT2D eigenvalue weighted by Crippen LogP contribution is -2.28. The second-order valence-corrected chi connectivity index (χ2v) is 5.96. The van der Waals surface area contributed by atoms with Crippen LogP contribution in [0.2, 0.25) is 5.02 Å². The van der Waals surface area contributed by atoms with Crippen molar-refractivity contribution in [2.45, 2.75) is 38.5 Å². The Labute approximate surface area is 126 Å². The van der Waals surface area contributed by atoms with Gasteiger partial charge in [0.1, 0.15) is 0 Å². The van der Waals surface area contributed by atoms with E-state index in [0.29, 0.717) is 11.6 Å². The Morgan fingerprint density at radius 3 is 2.60 bits per heavy atom. The molecule has 0 radical (unpaired) electrons. The largest absolute Gasteiger partial charge is 0.325 e. The van der Waals surface area contributed by atoms with Crippen molar-refractivity contribution in [3.63, 3.8) is 0 Å². The minimum absolute atomic E-state index is 0.00631. The molecule has 0 bridgehead atoms. The molecule has 1 fully saturated rings. The van der Waals surface area contributed by atoms with Gasteiger partial charge in [-0.3, -0.25) is 4.79 Å². The minimum atomic E-state index is -0.00631. The average Bonchev–Trinajstić information content (AvgIpc) is 2.94. The molecule has 0 atom stereocenters. The van der Waals surface area contributed by atoms with E-state index in [4.69, 9.17) is 11.6 Å². The molecule has 1 aromatic rings. The van der Waals surface area contributed by atoms with E-state index in [0.717, 1.165) is 18.2 Å². The molecule has 110 valence electrons. The zero-order valence-corrected chi connectivity index (χ0v) is 12.6. The number of carbonyl (C=O) groups is 1. The smallest absolute Gasteiger partial charge is 0.238 e. The number of carbonyl (C=O) groups excluding carboxylic acids is 1. The fourth-order valence-electron chi connectivity index (χ4n) is 2.76. The van der Waals surface area contributed by atoms with Crippen LogP contribution in [-0.2, 0) is 4.79 Å². The number of amides is 1. The fraction of sp³-hybridized carbons (Fsp3) is 0.562. The minimum Gasteiger partial charge on any atom is -0.325 e. The molecule has 2 rings (SSSR count). The quantitative estimate of drug-likeness (QED) is 0.750. The second kappa shape index (κ2) is 8.28. The lowest BCUT2D eigenvalue weighted by Gasteiger charge is -2.09. The number of hydrogen-bond acceptors (Lipinski definition) is 2. The Morgan fingerprint density at radius 1 is 1.20 bits per heavy atom. The molecule has 1 aliphatic rings. The monoisotopic (exact) mass is 294 g/mol. The van der Waals surface area contributed by atoms with Gasteiger partial charge in [-0.25, -0.2) is 0 Å². The summed E-state index contributed by atoms with van der Waals surface area (Å²) in [5.74, 6) is 0.924. The van der Waals surface area contributed by atoms with Gasteiger partial charge in [0.15, 0.2) is 0 Å². The van der Waals surface area contributed by atoms with Crippen LogP contribution in [0.15, 0.2) is 24.3 Å². The van der Waals surface area contributed by atoms with E-state index in [1.807, 2.05) is 0 Å². The Kier molecular flexibility index (Phi) is 6.34. The molecule has 0 spiro atoms. The van der Waals surface area contributed by atoms with E-state index in [1.165, 1.54) is 38.5 Å². The molecule has 0 aliphatic heterocycles. The number of anilines is 1. The lowest BCUT2D eigenvalue weighted by atomic mass is 10.0. The van der Waals surface area contributed by atoms with Crippen LogP contribution in [0.3, 0.4) is 0 Å². The highest BCUT2D eigenvalue weighted by Gasteiger charge is 2.13. The molecule has 0 saturated heterocycles. The summed E-state index contributed by atoms with van der Waals surface area (Å²) in [6, 6.07) is 7.15. The highest BCUT2D eigenvalue weighted by molar-refractivity contribution is 6.30. The maximum atomic E-state index is 11.7. The molecule has 4 heteroatoms. The topological polar surface area (TPSA) is 41.1 Å². The molecule has 0 heterocycles. The summed E-state index contributed by atoms with van der Waals surface area (Å²) in [6.45, 7) is 1.29. The molecule has 1 aromatic carbocycles. The van der Waals surface area contributed by atoms with Crippen LogP contribution in [0.4, 0.5) is 5.69 Å². The summed E-state index contributed by atoms with van der Waals surface area (Å²) < 4.78 is 0. The maximum Gasteiger partial charge on any atom is 0.238 e. The van der Waals surface area contributed by atoms with Gasteiger partial charge in [-0.1, -0.05) is 37.3 Å². The van der Waals surface area contributed by atoms with Gasteiger partial charge >= 0.3 is 0 Å². The van der Waals surface area contributed by atoms with Gasteiger partial charge in [-0.2, -0.15) is 0 Å². The number of hydrogen-bond donors (Lipinski definition) is 2. The van der Waals surface area contributed by atoms with Gasteiger partial charge in [0.25, 0.3) is 0 Å². The summed E-state index contributed by atoms with van der Waals surface area (Å²) >= 11 is 5.80. The van der Waals surface area contributed by atoms with Gasteiger partial charge < -0.3 is 10.6 Å². The molecule has 1 amide bonds. The van der Waals surface area contributed by atoms with Crippen molar-refractivity contribution in [1.82, 2.24) is 5.32 Å². The van der Waals surface area contributed by atoms with Crippen molar-refractivity contribution >= 4 is 23.2 Å². The zero-order chi connectivity index (χ0) is 14.2. The number of benzene rings is 1. The summed E-state index contributed by atoms with van der Waals surface area (Å²) in [6.07, 6.45) is 8.07. The van der Waals surface area contributed by atoms with Crippen LogP contribution < -0.4 is 10.6 Å². The number of rotatable bonds is 7. The van der Waals surface area contributed by atoms with E-state index < -0.39 is 0 Å². The molecule has 1 saturated carbocycles. The molecule has 20 heavy (non-hydrogen) atoms. The Bertz CT molecular complexity index is 413. The van der Waals surface area contributed by atoms with E-state index in [-0.39, 0.29) is 5.91 Å². The molecular weight excluding hydrogens is 272 g/mol. The third-order valence-corrected chi connectivity index (χ3v) is 4.11. The maximum absolute atomic E-state index is 11.7. The predicted molar refractivity (Wildman–Crippen MR) is 84.1 cm³/mol. The summed E-state index contributed by atoms with van der Waals surface area (Å²) in [7, 11) is 0. The Hall–Kier alpha value is -1.06. The van der Waals surface area contributed by atoms with Gasteiger partial charge in [0, 0.05) is 10.7 Å². The molecular formula is C16H23ClN2O.